The Morgan fingerprint density at radius 2 is 1.60 bits per heavy atom. The number of rotatable bonds is 7. The van der Waals surface area contributed by atoms with Crippen LogP contribution in [0.5, 0.6) is 0 Å². The van der Waals surface area contributed by atoms with E-state index in [0.717, 1.165) is 12.5 Å². The fraction of sp³-hybridized carbons (Fsp3) is 1.00. The Balaban J connectivity index is 3.70. The third-order valence-corrected chi connectivity index (χ3v) is 2.66. The number of hydrogen-bond donors (Lipinski definition) is 0. The first kappa shape index (κ1) is 14.8. The zero-order valence-electron chi connectivity index (χ0n) is 8.96. The minimum atomic E-state index is -3.45. The zero-order valence-corrected chi connectivity index (χ0v) is 10.6. The van der Waals surface area contributed by atoms with Gasteiger partial charge in [-0.05, 0) is 19.8 Å². The van der Waals surface area contributed by atoms with Gasteiger partial charge in [-0.25, -0.2) is 0 Å². The zero-order chi connectivity index (χ0) is 12.1. The molecule has 15 heavy (non-hydrogen) atoms. The first-order valence-corrected chi connectivity index (χ1v) is 7.96. The second kappa shape index (κ2) is 5.78. The molecule has 1 atom stereocenters. The van der Waals surface area contributed by atoms with Crippen LogP contribution in [0.4, 0.5) is 0 Å². The second-order valence-electron chi connectivity index (χ2n) is 3.28. The Morgan fingerprint density at radius 1 is 1.07 bits per heavy atom. The van der Waals surface area contributed by atoms with E-state index in [9.17, 15) is 16.8 Å². The molecule has 6 nitrogen and oxygen atoms in total. The maximum Gasteiger partial charge on any atom is 0.264 e. The van der Waals surface area contributed by atoms with E-state index in [0.29, 0.717) is 12.8 Å². The van der Waals surface area contributed by atoms with Gasteiger partial charge in [0.2, 0.25) is 0 Å². The van der Waals surface area contributed by atoms with E-state index < -0.39 is 26.3 Å². The Morgan fingerprint density at radius 3 is 2.00 bits per heavy atom. The minimum Gasteiger partial charge on any atom is -0.270 e. The highest BCUT2D eigenvalue weighted by Gasteiger charge is 2.10. The van der Waals surface area contributed by atoms with Crippen molar-refractivity contribution in [1.82, 2.24) is 0 Å². The predicted octanol–water partition coefficient (Wildman–Crippen LogP) is 0.108. The molecular weight excluding hydrogens is 244 g/mol. The summed E-state index contributed by atoms with van der Waals surface area (Å²) < 4.78 is 51.6. The molecule has 0 bridgehead atoms. The summed E-state index contributed by atoms with van der Waals surface area (Å²) in [5.74, 6) is 0. The highest BCUT2D eigenvalue weighted by Crippen LogP contribution is 2.05. The Labute approximate surface area is 90.8 Å². The van der Waals surface area contributed by atoms with E-state index >= 15 is 0 Å². The molecule has 0 aliphatic rings. The van der Waals surface area contributed by atoms with E-state index in [1.165, 1.54) is 0 Å². The van der Waals surface area contributed by atoms with Crippen molar-refractivity contribution in [2.45, 2.75) is 25.9 Å². The summed E-state index contributed by atoms with van der Waals surface area (Å²) in [6.45, 7) is 1.64. The summed E-state index contributed by atoms with van der Waals surface area (Å²) in [7, 11) is -6.86. The predicted molar refractivity (Wildman–Crippen MR) is 55.4 cm³/mol. The van der Waals surface area contributed by atoms with Crippen molar-refractivity contribution in [3.8, 4) is 0 Å². The van der Waals surface area contributed by atoms with Gasteiger partial charge in [0.05, 0.1) is 25.2 Å². The monoisotopic (exact) mass is 260 g/mol. The normalized spacial score (nSPS) is 15.1. The van der Waals surface area contributed by atoms with Crippen LogP contribution in [0.3, 0.4) is 0 Å². The second-order valence-corrected chi connectivity index (χ2v) is 6.52. The highest BCUT2D eigenvalue weighted by molar-refractivity contribution is 7.86. The van der Waals surface area contributed by atoms with Gasteiger partial charge in [0.15, 0.2) is 0 Å². The first-order chi connectivity index (χ1) is 6.60. The van der Waals surface area contributed by atoms with Crippen LogP contribution in [0.2, 0.25) is 0 Å². The summed E-state index contributed by atoms with van der Waals surface area (Å²) in [5, 5.41) is 0. The van der Waals surface area contributed by atoms with Gasteiger partial charge in [0.1, 0.15) is 0 Å². The fourth-order valence-corrected chi connectivity index (χ4v) is 2.04. The van der Waals surface area contributed by atoms with Gasteiger partial charge in [-0.15, -0.1) is 0 Å². The molecule has 0 aromatic rings. The molecule has 0 fully saturated rings. The van der Waals surface area contributed by atoms with Crippen molar-refractivity contribution in [3.05, 3.63) is 0 Å². The van der Waals surface area contributed by atoms with E-state index in [4.69, 9.17) is 0 Å². The van der Waals surface area contributed by atoms with Crippen molar-refractivity contribution in [2.75, 3.05) is 19.1 Å². The molecule has 0 heterocycles. The molecule has 0 aromatic heterocycles. The maximum atomic E-state index is 10.7. The van der Waals surface area contributed by atoms with Crippen LogP contribution in [-0.4, -0.2) is 42.1 Å². The first-order valence-electron chi connectivity index (χ1n) is 4.33. The van der Waals surface area contributed by atoms with Crippen LogP contribution in [0, 0.1) is 0 Å². The average molecular weight is 260 g/mol. The van der Waals surface area contributed by atoms with Crippen LogP contribution in [0.25, 0.3) is 0 Å². The van der Waals surface area contributed by atoms with Gasteiger partial charge in [-0.1, -0.05) is 0 Å². The highest BCUT2D eigenvalue weighted by atomic mass is 32.2. The van der Waals surface area contributed by atoms with Crippen molar-refractivity contribution >= 4 is 20.2 Å². The molecule has 0 radical (unpaired) electrons. The van der Waals surface area contributed by atoms with Crippen LogP contribution < -0.4 is 0 Å². The summed E-state index contributed by atoms with van der Waals surface area (Å²) in [6, 6.07) is 0. The van der Waals surface area contributed by atoms with Crippen LogP contribution in [0.1, 0.15) is 19.8 Å². The van der Waals surface area contributed by atoms with Crippen molar-refractivity contribution in [1.29, 1.82) is 0 Å². The Kier molecular flexibility index (Phi) is 5.71. The molecule has 0 amide bonds. The van der Waals surface area contributed by atoms with E-state index in [2.05, 4.69) is 8.37 Å². The third-order valence-electron chi connectivity index (χ3n) is 1.39. The SMILES string of the molecule is C[C@@H](CCCOS(C)(=O)=O)OS(C)(=O)=O. The maximum absolute atomic E-state index is 10.7. The fourth-order valence-electron chi connectivity index (χ4n) is 0.928. The quantitative estimate of drug-likeness (QED) is 0.477. The van der Waals surface area contributed by atoms with Crippen molar-refractivity contribution in [2.24, 2.45) is 0 Å². The topological polar surface area (TPSA) is 86.7 Å². The molecule has 0 aliphatic carbocycles. The van der Waals surface area contributed by atoms with Crippen molar-refractivity contribution < 1.29 is 25.2 Å². The van der Waals surface area contributed by atoms with E-state index in [1.54, 1.807) is 6.92 Å². The van der Waals surface area contributed by atoms with E-state index in [1.807, 2.05) is 0 Å². The lowest BCUT2D eigenvalue weighted by Crippen LogP contribution is -2.15. The van der Waals surface area contributed by atoms with Gasteiger partial charge in [-0.2, -0.15) is 16.8 Å². The molecule has 0 N–H and O–H groups in total. The molecule has 0 saturated heterocycles. The van der Waals surface area contributed by atoms with Gasteiger partial charge < -0.3 is 0 Å². The van der Waals surface area contributed by atoms with Crippen LogP contribution in [-0.2, 0) is 28.6 Å². The standard InChI is InChI=1S/C7H16O6S2/c1-7(13-15(3,10)11)5-4-6-12-14(2,8)9/h7H,4-6H2,1-3H3/t7-/m0/s1. The van der Waals surface area contributed by atoms with Crippen LogP contribution >= 0.6 is 0 Å². The summed E-state index contributed by atoms with van der Waals surface area (Å²) >= 11 is 0. The average Bonchev–Trinajstić information content (AvgIpc) is 1.92. The van der Waals surface area contributed by atoms with Crippen molar-refractivity contribution in [3.63, 3.8) is 0 Å². The number of hydrogen-bond acceptors (Lipinski definition) is 6. The summed E-state index contributed by atoms with van der Waals surface area (Å²) in [4.78, 5) is 0. The van der Waals surface area contributed by atoms with Gasteiger partial charge >= 0.3 is 0 Å². The molecule has 0 spiro atoms. The van der Waals surface area contributed by atoms with Gasteiger partial charge in [-0.3, -0.25) is 8.37 Å². The lowest BCUT2D eigenvalue weighted by molar-refractivity contribution is 0.203. The minimum absolute atomic E-state index is 0.0380. The molecule has 0 saturated carbocycles. The molecule has 0 aliphatic heterocycles. The molecule has 8 heteroatoms. The van der Waals surface area contributed by atoms with Gasteiger partial charge in [0.25, 0.3) is 20.2 Å². The summed E-state index contributed by atoms with van der Waals surface area (Å²) in [6.07, 6.45) is 2.30. The smallest absolute Gasteiger partial charge is 0.264 e. The lowest BCUT2D eigenvalue weighted by atomic mass is 10.2. The summed E-state index contributed by atoms with van der Waals surface area (Å²) in [5.41, 5.74) is 0. The largest absolute Gasteiger partial charge is 0.270 e. The van der Waals surface area contributed by atoms with E-state index in [-0.39, 0.29) is 6.61 Å². The third kappa shape index (κ3) is 11.7. The molecular formula is C7H16O6S2. The molecule has 0 rings (SSSR count). The van der Waals surface area contributed by atoms with Gasteiger partial charge in [0, 0.05) is 0 Å². The Hall–Kier alpha value is -0.180. The Bertz CT molecular complexity index is 368. The lowest BCUT2D eigenvalue weighted by Gasteiger charge is -2.10. The molecule has 0 unspecified atom stereocenters. The molecule has 92 valence electrons. The van der Waals surface area contributed by atoms with Crippen LogP contribution in [0.15, 0.2) is 0 Å². The molecule has 0 aromatic carbocycles.